The fourth-order valence-electron chi connectivity index (χ4n) is 1.01. The molecule has 0 radical (unpaired) electrons. The second-order valence-electron chi connectivity index (χ2n) is 2.64. The van der Waals surface area contributed by atoms with E-state index in [0.29, 0.717) is 0 Å². The minimum atomic E-state index is -2.69. The van der Waals surface area contributed by atoms with Crippen LogP contribution in [0.25, 0.3) is 0 Å². The minimum Gasteiger partial charge on any atom is -0.465 e. The zero-order valence-electron chi connectivity index (χ0n) is 7.46. The number of methoxy groups -OCH3 is 1. The molecule has 76 valence electrons. The number of hydrogen-bond acceptors (Lipinski definition) is 3. The summed E-state index contributed by atoms with van der Waals surface area (Å²) in [6.45, 7) is 0. The Labute approximate surface area is 79.5 Å². The van der Waals surface area contributed by atoms with Crippen molar-refractivity contribution in [2.24, 2.45) is 0 Å². The largest absolute Gasteiger partial charge is 0.465 e. The average Bonchev–Trinajstić information content (AvgIpc) is 2.17. The number of alkyl halides is 2. The van der Waals surface area contributed by atoms with Crippen LogP contribution >= 0.6 is 0 Å². The van der Waals surface area contributed by atoms with Crippen LogP contribution in [-0.4, -0.2) is 13.1 Å². The van der Waals surface area contributed by atoms with Crippen molar-refractivity contribution in [3.8, 4) is 0 Å². The lowest BCUT2D eigenvalue weighted by Crippen LogP contribution is -2.04. The Kier molecular flexibility index (Phi) is 3.01. The number of nitrogens with two attached hydrogens (primary N) is 1. The van der Waals surface area contributed by atoms with Crippen LogP contribution in [0, 0.1) is 0 Å². The normalized spacial score (nSPS) is 10.3. The summed E-state index contributed by atoms with van der Waals surface area (Å²) in [4.78, 5) is 11.0. The van der Waals surface area contributed by atoms with Crippen molar-refractivity contribution in [3.63, 3.8) is 0 Å². The van der Waals surface area contributed by atoms with Crippen LogP contribution in [0.1, 0.15) is 22.3 Å². The Hall–Kier alpha value is -1.65. The fraction of sp³-hybridized carbons (Fsp3) is 0.222. The molecule has 5 heteroatoms. The highest BCUT2D eigenvalue weighted by Gasteiger charge is 2.14. The number of carbonyl (C=O) groups is 1. The quantitative estimate of drug-likeness (QED) is 0.588. The lowest BCUT2D eigenvalue weighted by molar-refractivity contribution is 0.0600. The molecule has 0 heterocycles. The van der Waals surface area contributed by atoms with Gasteiger partial charge in [-0.25, -0.2) is 13.6 Å². The standard InChI is InChI=1S/C9H9F2NO2/c1-14-9(13)5-2-3-7(12)6(4-5)8(10)11/h2-4,8H,12H2,1H3. The molecule has 0 fully saturated rings. The Morgan fingerprint density at radius 3 is 2.64 bits per heavy atom. The van der Waals surface area contributed by atoms with Crippen LogP contribution < -0.4 is 5.73 Å². The van der Waals surface area contributed by atoms with Crippen molar-refractivity contribution in [3.05, 3.63) is 29.3 Å². The third-order valence-corrected chi connectivity index (χ3v) is 1.74. The van der Waals surface area contributed by atoms with Crippen molar-refractivity contribution in [1.82, 2.24) is 0 Å². The monoisotopic (exact) mass is 201 g/mol. The number of anilines is 1. The zero-order valence-corrected chi connectivity index (χ0v) is 7.46. The zero-order chi connectivity index (χ0) is 10.7. The number of rotatable bonds is 2. The summed E-state index contributed by atoms with van der Waals surface area (Å²) in [5.41, 5.74) is 4.98. The van der Waals surface area contributed by atoms with E-state index in [1.807, 2.05) is 0 Å². The lowest BCUT2D eigenvalue weighted by atomic mass is 10.1. The van der Waals surface area contributed by atoms with Gasteiger partial charge in [-0.05, 0) is 18.2 Å². The van der Waals surface area contributed by atoms with Crippen molar-refractivity contribution < 1.29 is 18.3 Å². The average molecular weight is 201 g/mol. The molecule has 0 atom stereocenters. The van der Waals surface area contributed by atoms with Gasteiger partial charge in [0.05, 0.1) is 12.7 Å². The van der Waals surface area contributed by atoms with E-state index < -0.39 is 12.4 Å². The van der Waals surface area contributed by atoms with E-state index in [0.717, 1.165) is 6.07 Å². The van der Waals surface area contributed by atoms with Crippen molar-refractivity contribution >= 4 is 11.7 Å². The Morgan fingerprint density at radius 2 is 2.14 bits per heavy atom. The lowest BCUT2D eigenvalue weighted by Gasteiger charge is -2.06. The smallest absolute Gasteiger partial charge is 0.337 e. The van der Waals surface area contributed by atoms with Gasteiger partial charge in [0.15, 0.2) is 0 Å². The number of ether oxygens (including phenoxy) is 1. The number of carbonyl (C=O) groups excluding carboxylic acids is 1. The summed E-state index contributed by atoms with van der Waals surface area (Å²) >= 11 is 0. The Bertz CT molecular complexity index is 353. The van der Waals surface area contributed by atoms with Gasteiger partial charge in [-0.3, -0.25) is 0 Å². The van der Waals surface area contributed by atoms with Gasteiger partial charge >= 0.3 is 5.97 Å². The highest BCUT2D eigenvalue weighted by atomic mass is 19.3. The molecule has 0 unspecified atom stereocenters. The van der Waals surface area contributed by atoms with E-state index in [4.69, 9.17) is 5.73 Å². The van der Waals surface area contributed by atoms with Crippen molar-refractivity contribution in [1.29, 1.82) is 0 Å². The van der Waals surface area contributed by atoms with Crippen LogP contribution in [0.2, 0.25) is 0 Å². The first-order valence-corrected chi connectivity index (χ1v) is 3.82. The highest BCUT2D eigenvalue weighted by Crippen LogP contribution is 2.25. The van der Waals surface area contributed by atoms with Gasteiger partial charge in [-0.2, -0.15) is 0 Å². The third kappa shape index (κ3) is 1.99. The number of hydrogen-bond donors (Lipinski definition) is 1. The molecule has 1 aromatic carbocycles. The molecular formula is C9H9F2NO2. The van der Waals surface area contributed by atoms with Gasteiger partial charge in [0.2, 0.25) is 0 Å². The van der Waals surface area contributed by atoms with Crippen LogP contribution in [0.3, 0.4) is 0 Å². The van der Waals surface area contributed by atoms with Crippen LogP contribution in [0.4, 0.5) is 14.5 Å². The molecule has 3 nitrogen and oxygen atoms in total. The molecule has 1 rings (SSSR count). The summed E-state index contributed by atoms with van der Waals surface area (Å²) in [5, 5.41) is 0. The van der Waals surface area contributed by atoms with E-state index >= 15 is 0 Å². The molecule has 0 aliphatic rings. The third-order valence-electron chi connectivity index (χ3n) is 1.74. The number of nitrogen functional groups attached to an aromatic ring is 1. The predicted molar refractivity (Wildman–Crippen MR) is 47.2 cm³/mol. The van der Waals surface area contributed by atoms with Crippen LogP contribution in [0.5, 0.6) is 0 Å². The molecule has 0 saturated carbocycles. The molecule has 0 bridgehead atoms. The van der Waals surface area contributed by atoms with Crippen LogP contribution in [-0.2, 0) is 4.74 Å². The molecule has 0 aliphatic heterocycles. The summed E-state index contributed by atoms with van der Waals surface area (Å²) in [6, 6.07) is 3.63. The highest BCUT2D eigenvalue weighted by molar-refractivity contribution is 5.90. The van der Waals surface area contributed by atoms with Gasteiger partial charge in [0.25, 0.3) is 6.43 Å². The van der Waals surface area contributed by atoms with Gasteiger partial charge in [0, 0.05) is 11.3 Å². The molecule has 0 aromatic heterocycles. The second-order valence-corrected chi connectivity index (χ2v) is 2.64. The molecular weight excluding hydrogens is 192 g/mol. The predicted octanol–water partition coefficient (Wildman–Crippen LogP) is 1.99. The van der Waals surface area contributed by atoms with E-state index in [1.165, 1.54) is 19.2 Å². The van der Waals surface area contributed by atoms with E-state index in [2.05, 4.69) is 4.74 Å². The Morgan fingerprint density at radius 1 is 1.50 bits per heavy atom. The topological polar surface area (TPSA) is 52.3 Å². The number of esters is 1. The summed E-state index contributed by atoms with van der Waals surface area (Å²) in [5.74, 6) is -0.660. The van der Waals surface area contributed by atoms with E-state index in [9.17, 15) is 13.6 Å². The van der Waals surface area contributed by atoms with Gasteiger partial charge < -0.3 is 10.5 Å². The molecule has 1 aromatic rings. The molecule has 2 N–H and O–H groups in total. The maximum atomic E-state index is 12.3. The van der Waals surface area contributed by atoms with Gasteiger partial charge in [-0.15, -0.1) is 0 Å². The number of halogens is 2. The first-order chi connectivity index (χ1) is 6.56. The van der Waals surface area contributed by atoms with Crippen molar-refractivity contribution in [2.45, 2.75) is 6.43 Å². The molecule has 0 spiro atoms. The van der Waals surface area contributed by atoms with Gasteiger partial charge in [-0.1, -0.05) is 0 Å². The summed E-state index contributed by atoms with van der Waals surface area (Å²) in [7, 11) is 1.18. The summed E-state index contributed by atoms with van der Waals surface area (Å²) < 4.78 is 29.1. The molecule has 0 saturated heterocycles. The van der Waals surface area contributed by atoms with Crippen molar-refractivity contribution in [2.75, 3.05) is 12.8 Å². The SMILES string of the molecule is COC(=O)c1ccc(N)c(C(F)F)c1. The van der Waals surface area contributed by atoms with E-state index in [-0.39, 0.29) is 16.8 Å². The first-order valence-electron chi connectivity index (χ1n) is 3.82. The first kappa shape index (κ1) is 10.4. The second kappa shape index (κ2) is 4.04. The minimum absolute atomic E-state index is 0.0346. The molecule has 0 amide bonds. The Balaban J connectivity index is 3.13. The van der Waals surface area contributed by atoms with E-state index in [1.54, 1.807) is 0 Å². The maximum Gasteiger partial charge on any atom is 0.337 e. The summed E-state index contributed by atoms with van der Waals surface area (Å²) in [6.07, 6.45) is -2.69. The van der Waals surface area contributed by atoms with Gasteiger partial charge in [0.1, 0.15) is 0 Å². The van der Waals surface area contributed by atoms with Crippen LogP contribution in [0.15, 0.2) is 18.2 Å². The fourth-order valence-corrected chi connectivity index (χ4v) is 1.01. The molecule has 0 aliphatic carbocycles. The molecule has 14 heavy (non-hydrogen) atoms. The maximum absolute atomic E-state index is 12.3. The number of benzene rings is 1.